The second-order valence-corrected chi connectivity index (χ2v) is 7.96. The van der Waals surface area contributed by atoms with E-state index in [1.54, 1.807) is 23.0 Å². The van der Waals surface area contributed by atoms with Crippen molar-refractivity contribution in [2.45, 2.75) is 26.4 Å². The number of hydrogen-bond donors (Lipinski definition) is 1. The standard InChI is InChI=1S/C21H22N4O6S/c1-11(2)16-12(9-24-25(16)14-7-5-6-8-23-14)19(26)31-10-13-15(20(27)29-3)18(22)32-17(13)21(28)30-4/h5-9,11H,10,22H2,1-4H3. The first-order chi connectivity index (χ1) is 15.3. The number of esters is 3. The number of rotatable bonds is 7. The van der Waals surface area contributed by atoms with E-state index in [0.717, 1.165) is 11.3 Å². The predicted molar refractivity (Wildman–Crippen MR) is 116 cm³/mol. The quantitative estimate of drug-likeness (QED) is 0.418. The SMILES string of the molecule is COC(=O)c1sc(N)c(C(=O)OC)c1COC(=O)c1cnn(-c2ccccn2)c1C(C)C. The first-order valence-electron chi connectivity index (χ1n) is 9.54. The van der Waals surface area contributed by atoms with Crippen LogP contribution in [0.3, 0.4) is 0 Å². The summed E-state index contributed by atoms with van der Waals surface area (Å²) in [6.45, 7) is 3.45. The van der Waals surface area contributed by atoms with E-state index in [0.29, 0.717) is 11.5 Å². The molecule has 10 nitrogen and oxygen atoms in total. The third-order valence-electron chi connectivity index (χ3n) is 4.58. The maximum Gasteiger partial charge on any atom is 0.348 e. The number of nitrogens with zero attached hydrogens (tertiary/aromatic N) is 3. The lowest BCUT2D eigenvalue weighted by atomic mass is 10.1. The van der Waals surface area contributed by atoms with Crippen molar-refractivity contribution in [3.8, 4) is 5.82 Å². The highest BCUT2D eigenvalue weighted by Crippen LogP contribution is 2.33. The topological polar surface area (TPSA) is 136 Å². The fourth-order valence-corrected chi connectivity index (χ4v) is 4.13. The van der Waals surface area contributed by atoms with E-state index >= 15 is 0 Å². The first-order valence-corrected chi connectivity index (χ1v) is 10.4. The molecule has 0 aliphatic rings. The monoisotopic (exact) mass is 458 g/mol. The number of ether oxygens (including phenoxy) is 3. The van der Waals surface area contributed by atoms with Gasteiger partial charge in [0.05, 0.1) is 26.1 Å². The predicted octanol–water partition coefficient (Wildman–Crippen LogP) is 2.96. The van der Waals surface area contributed by atoms with Gasteiger partial charge in [-0.15, -0.1) is 11.3 Å². The van der Waals surface area contributed by atoms with Crippen molar-refractivity contribution in [2.24, 2.45) is 0 Å². The fourth-order valence-electron chi connectivity index (χ4n) is 3.15. The van der Waals surface area contributed by atoms with E-state index in [-0.39, 0.29) is 39.1 Å². The molecular weight excluding hydrogens is 436 g/mol. The summed E-state index contributed by atoms with van der Waals surface area (Å²) in [5, 5.41) is 4.36. The normalized spacial score (nSPS) is 10.8. The van der Waals surface area contributed by atoms with Gasteiger partial charge in [0.25, 0.3) is 0 Å². The second kappa shape index (κ2) is 9.60. The zero-order chi connectivity index (χ0) is 23.4. The Morgan fingerprint density at radius 2 is 1.84 bits per heavy atom. The average Bonchev–Trinajstić information content (AvgIpc) is 3.38. The highest BCUT2D eigenvalue weighted by Gasteiger charge is 2.29. The van der Waals surface area contributed by atoms with Gasteiger partial charge in [-0.3, -0.25) is 0 Å². The molecule has 32 heavy (non-hydrogen) atoms. The van der Waals surface area contributed by atoms with Crippen molar-refractivity contribution in [1.82, 2.24) is 14.8 Å². The summed E-state index contributed by atoms with van der Waals surface area (Å²) in [5.74, 6) is -1.64. The van der Waals surface area contributed by atoms with Crippen LogP contribution >= 0.6 is 11.3 Å². The van der Waals surface area contributed by atoms with E-state index in [2.05, 4.69) is 10.1 Å². The van der Waals surface area contributed by atoms with E-state index < -0.39 is 17.9 Å². The molecule has 0 radical (unpaired) electrons. The largest absolute Gasteiger partial charge is 0.465 e. The van der Waals surface area contributed by atoms with Gasteiger partial charge in [-0.05, 0) is 18.1 Å². The molecular formula is C21H22N4O6S. The molecule has 11 heteroatoms. The molecule has 0 amide bonds. The van der Waals surface area contributed by atoms with Gasteiger partial charge < -0.3 is 19.9 Å². The molecule has 3 heterocycles. The molecule has 3 aromatic rings. The molecule has 0 saturated carbocycles. The van der Waals surface area contributed by atoms with Gasteiger partial charge in [0, 0.05) is 11.8 Å². The Hall–Kier alpha value is -3.73. The van der Waals surface area contributed by atoms with Gasteiger partial charge in [-0.2, -0.15) is 5.10 Å². The van der Waals surface area contributed by atoms with E-state index in [9.17, 15) is 14.4 Å². The number of anilines is 1. The fraction of sp³-hybridized carbons (Fsp3) is 0.286. The number of carbonyl (C=O) groups excluding carboxylic acids is 3. The summed E-state index contributed by atoms with van der Waals surface area (Å²) in [4.78, 5) is 41.6. The Balaban J connectivity index is 1.94. The molecule has 0 bridgehead atoms. The Labute approximate surface area is 187 Å². The van der Waals surface area contributed by atoms with Crippen LogP contribution in [0.5, 0.6) is 0 Å². The van der Waals surface area contributed by atoms with Gasteiger partial charge in [-0.1, -0.05) is 19.9 Å². The lowest BCUT2D eigenvalue weighted by Gasteiger charge is -2.12. The zero-order valence-corrected chi connectivity index (χ0v) is 18.8. The van der Waals surface area contributed by atoms with E-state index in [4.69, 9.17) is 19.9 Å². The third kappa shape index (κ3) is 4.33. The van der Waals surface area contributed by atoms with Crippen LogP contribution in [0.1, 0.15) is 61.4 Å². The highest BCUT2D eigenvalue weighted by atomic mass is 32.1. The van der Waals surface area contributed by atoms with Crippen LogP contribution in [0.15, 0.2) is 30.6 Å². The molecule has 168 valence electrons. The second-order valence-electron chi connectivity index (χ2n) is 6.91. The van der Waals surface area contributed by atoms with Crippen molar-refractivity contribution in [3.63, 3.8) is 0 Å². The molecule has 0 fully saturated rings. The van der Waals surface area contributed by atoms with Crippen LogP contribution in [-0.2, 0) is 20.8 Å². The van der Waals surface area contributed by atoms with Gasteiger partial charge in [0.2, 0.25) is 0 Å². The first kappa shape index (κ1) is 22.9. The smallest absolute Gasteiger partial charge is 0.348 e. The van der Waals surface area contributed by atoms with Gasteiger partial charge in [0.15, 0.2) is 5.82 Å². The van der Waals surface area contributed by atoms with Crippen molar-refractivity contribution in [1.29, 1.82) is 0 Å². The lowest BCUT2D eigenvalue weighted by Crippen LogP contribution is -2.14. The van der Waals surface area contributed by atoms with Gasteiger partial charge >= 0.3 is 17.9 Å². The summed E-state index contributed by atoms with van der Waals surface area (Å²) in [5.41, 5.74) is 6.86. The summed E-state index contributed by atoms with van der Waals surface area (Å²) >= 11 is 0.861. The maximum atomic E-state index is 12.9. The number of methoxy groups -OCH3 is 2. The summed E-state index contributed by atoms with van der Waals surface area (Å²) < 4.78 is 16.5. The van der Waals surface area contributed by atoms with Crippen LogP contribution in [0.2, 0.25) is 0 Å². The number of aromatic nitrogens is 3. The molecule has 0 aromatic carbocycles. The molecule has 0 atom stereocenters. The van der Waals surface area contributed by atoms with Crippen LogP contribution in [-0.4, -0.2) is 46.9 Å². The van der Waals surface area contributed by atoms with Crippen molar-refractivity contribution in [3.05, 3.63) is 57.9 Å². The number of thiophene rings is 1. The lowest BCUT2D eigenvalue weighted by molar-refractivity contribution is 0.0451. The van der Waals surface area contributed by atoms with Crippen molar-refractivity contribution < 1.29 is 28.6 Å². The van der Waals surface area contributed by atoms with E-state index in [1.807, 2.05) is 19.9 Å². The molecule has 3 aromatic heterocycles. The minimum Gasteiger partial charge on any atom is -0.465 e. The molecule has 0 aliphatic carbocycles. The molecule has 2 N–H and O–H groups in total. The van der Waals surface area contributed by atoms with Crippen LogP contribution in [0.4, 0.5) is 5.00 Å². The highest BCUT2D eigenvalue weighted by molar-refractivity contribution is 7.18. The van der Waals surface area contributed by atoms with Crippen LogP contribution < -0.4 is 5.73 Å². The number of nitrogens with two attached hydrogens (primary N) is 1. The van der Waals surface area contributed by atoms with E-state index in [1.165, 1.54) is 20.4 Å². The summed E-state index contributed by atoms with van der Waals surface area (Å²) in [6.07, 6.45) is 3.03. The Morgan fingerprint density at radius 3 is 2.44 bits per heavy atom. The average molecular weight is 458 g/mol. The van der Waals surface area contributed by atoms with Crippen molar-refractivity contribution in [2.75, 3.05) is 20.0 Å². The van der Waals surface area contributed by atoms with Gasteiger partial charge in [0.1, 0.15) is 27.6 Å². The molecule has 0 spiro atoms. The number of hydrogen-bond acceptors (Lipinski definition) is 10. The number of nitrogen functional groups attached to an aromatic ring is 1. The number of pyridine rings is 1. The third-order valence-corrected chi connectivity index (χ3v) is 5.62. The summed E-state index contributed by atoms with van der Waals surface area (Å²) in [7, 11) is 2.39. The number of carbonyl (C=O) groups is 3. The Morgan fingerprint density at radius 1 is 1.12 bits per heavy atom. The van der Waals surface area contributed by atoms with Crippen LogP contribution in [0.25, 0.3) is 5.82 Å². The van der Waals surface area contributed by atoms with Gasteiger partial charge in [-0.25, -0.2) is 24.0 Å². The molecule has 0 saturated heterocycles. The molecule has 0 aliphatic heterocycles. The molecule has 0 unspecified atom stereocenters. The summed E-state index contributed by atoms with van der Waals surface area (Å²) in [6, 6.07) is 5.37. The molecule has 3 rings (SSSR count). The maximum absolute atomic E-state index is 12.9. The Kier molecular flexibility index (Phi) is 6.89. The zero-order valence-electron chi connectivity index (χ0n) is 17.9. The van der Waals surface area contributed by atoms with Crippen LogP contribution in [0, 0.1) is 0 Å². The minimum absolute atomic E-state index is 0.0287. The Bertz CT molecular complexity index is 1150. The minimum atomic E-state index is -0.745. The van der Waals surface area contributed by atoms with Crippen molar-refractivity contribution >= 4 is 34.2 Å².